The molecule has 10 nitrogen and oxygen atoms in total. The highest BCUT2D eigenvalue weighted by molar-refractivity contribution is 7.90. The van der Waals surface area contributed by atoms with Crippen LogP contribution in [0, 0.1) is 13.8 Å². The SMILES string of the molecule is Cc1nn(-c2ccc(CCNC(=O)NS(=O)(=O)c3cccc(S(N)(=O)=O)c3)cc2)c(C)c1-c1ccccc1. The van der Waals surface area contributed by atoms with Crippen molar-refractivity contribution in [1.82, 2.24) is 19.8 Å². The molecule has 4 rings (SSSR count). The number of aromatic nitrogens is 2. The van der Waals surface area contributed by atoms with Gasteiger partial charge < -0.3 is 5.32 Å². The minimum atomic E-state index is -4.29. The first-order valence-corrected chi connectivity index (χ1v) is 14.6. The summed E-state index contributed by atoms with van der Waals surface area (Å²) in [4.78, 5) is 11.4. The molecular weight excluding hydrogens is 526 g/mol. The fourth-order valence-corrected chi connectivity index (χ4v) is 5.68. The molecule has 0 unspecified atom stereocenters. The number of aryl methyl sites for hydroxylation is 1. The van der Waals surface area contributed by atoms with Gasteiger partial charge in [-0.2, -0.15) is 5.10 Å². The van der Waals surface area contributed by atoms with E-state index in [-0.39, 0.29) is 11.4 Å². The molecule has 0 aliphatic carbocycles. The zero-order valence-corrected chi connectivity index (χ0v) is 22.4. The minimum Gasteiger partial charge on any atom is -0.337 e. The summed E-state index contributed by atoms with van der Waals surface area (Å²) < 4.78 is 51.6. The van der Waals surface area contributed by atoms with Crippen LogP contribution in [0.2, 0.25) is 0 Å². The molecule has 2 amide bonds. The number of rotatable bonds is 8. The highest BCUT2D eigenvalue weighted by Crippen LogP contribution is 2.28. The van der Waals surface area contributed by atoms with Gasteiger partial charge in [0.05, 0.1) is 21.2 Å². The molecule has 1 aromatic heterocycles. The molecule has 0 saturated carbocycles. The second-order valence-corrected chi connectivity index (χ2v) is 11.9. The first-order valence-electron chi connectivity index (χ1n) is 11.6. The smallest absolute Gasteiger partial charge is 0.328 e. The molecule has 12 heteroatoms. The number of benzene rings is 3. The molecule has 0 radical (unpaired) electrons. The van der Waals surface area contributed by atoms with Crippen LogP contribution in [0.4, 0.5) is 4.79 Å². The molecular formula is C26H27N5O5S2. The summed E-state index contributed by atoms with van der Waals surface area (Å²) in [5, 5.41) is 12.2. The molecule has 4 aromatic rings. The van der Waals surface area contributed by atoms with Crippen molar-refractivity contribution in [2.24, 2.45) is 5.14 Å². The number of carbonyl (C=O) groups excluding carboxylic acids is 1. The first-order chi connectivity index (χ1) is 18.0. The minimum absolute atomic E-state index is 0.177. The number of amides is 2. The van der Waals surface area contributed by atoms with Gasteiger partial charge in [-0.15, -0.1) is 0 Å². The number of primary sulfonamides is 1. The molecule has 0 fully saturated rings. The van der Waals surface area contributed by atoms with Gasteiger partial charge in [0, 0.05) is 17.8 Å². The number of carbonyl (C=O) groups is 1. The maximum atomic E-state index is 12.5. The van der Waals surface area contributed by atoms with Crippen LogP contribution in [0.15, 0.2) is 88.7 Å². The second kappa shape index (κ2) is 10.8. The first kappa shape index (κ1) is 27.0. The number of hydrogen-bond acceptors (Lipinski definition) is 6. The molecule has 4 N–H and O–H groups in total. The number of urea groups is 1. The van der Waals surface area contributed by atoms with E-state index in [2.05, 4.69) is 17.4 Å². The highest BCUT2D eigenvalue weighted by Gasteiger charge is 2.20. The Morgan fingerprint density at radius 2 is 1.55 bits per heavy atom. The maximum Gasteiger partial charge on any atom is 0.328 e. The average molecular weight is 554 g/mol. The fourth-order valence-electron chi connectivity index (χ4n) is 4.08. The molecule has 0 spiro atoms. The van der Waals surface area contributed by atoms with Crippen LogP contribution in [-0.2, 0) is 26.5 Å². The lowest BCUT2D eigenvalue weighted by atomic mass is 10.0. The Balaban J connectivity index is 1.36. The third-order valence-corrected chi connectivity index (χ3v) is 8.14. The molecule has 0 aliphatic heterocycles. The van der Waals surface area contributed by atoms with Gasteiger partial charge in [-0.05, 0) is 61.7 Å². The van der Waals surface area contributed by atoms with E-state index in [0.717, 1.165) is 52.0 Å². The zero-order chi connectivity index (χ0) is 27.5. The largest absolute Gasteiger partial charge is 0.337 e. The number of hydrogen-bond donors (Lipinski definition) is 3. The van der Waals surface area contributed by atoms with Crippen molar-refractivity contribution in [2.45, 2.75) is 30.1 Å². The molecule has 0 atom stereocenters. The Hall–Kier alpha value is -4.00. The van der Waals surface area contributed by atoms with Gasteiger partial charge in [0.25, 0.3) is 10.0 Å². The quantitative estimate of drug-likeness (QED) is 0.305. The van der Waals surface area contributed by atoms with Crippen molar-refractivity contribution in [2.75, 3.05) is 6.54 Å². The summed E-state index contributed by atoms with van der Waals surface area (Å²) >= 11 is 0. The zero-order valence-electron chi connectivity index (χ0n) is 20.7. The number of nitrogens with one attached hydrogen (secondary N) is 2. The third-order valence-electron chi connectivity index (χ3n) is 5.91. The van der Waals surface area contributed by atoms with E-state index in [1.165, 1.54) is 6.07 Å². The Morgan fingerprint density at radius 1 is 0.895 bits per heavy atom. The number of nitrogens with two attached hydrogens (primary N) is 1. The van der Waals surface area contributed by atoms with Crippen molar-refractivity contribution < 1.29 is 21.6 Å². The molecule has 0 saturated heterocycles. The molecule has 38 heavy (non-hydrogen) atoms. The van der Waals surface area contributed by atoms with Gasteiger partial charge >= 0.3 is 6.03 Å². The van der Waals surface area contributed by atoms with Crippen LogP contribution in [-0.4, -0.2) is 39.2 Å². The van der Waals surface area contributed by atoms with Crippen LogP contribution >= 0.6 is 0 Å². The standard InChI is InChI=1S/C26H27N5O5S2/c1-18-25(21-7-4-3-5-8-21)19(2)31(29-18)22-13-11-20(12-14-22)15-16-28-26(32)30-38(35,36)24-10-6-9-23(17-24)37(27,33)34/h3-14,17H,15-16H2,1-2H3,(H2,27,33,34)(H2,28,30,32). The Bertz CT molecular complexity index is 1680. The van der Waals surface area contributed by atoms with E-state index in [0.29, 0.717) is 6.42 Å². The number of sulfonamides is 2. The molecule has 0 bridgehead atoms. The van der Waals surface area contributed by atoms with E-state index in [1.54, 1.807) is 0 Å². The van der Waals surface area contributed by atoms with Crippen molar-refractivity contribution in [3.05, 3.63) is 95.8 Å². The number of nitrogens with zero attached hydrogens (tertiary/aromatic N) is 2. The Morgan fingerprint density at radius 3 is 2.21 bits per heavy atom. The van der Waals surface area contributed by atoms with Crippen molar-refractivity contribution in [3.63, 3.8) is 0 Å². The third kappa shape index (κ3) is 6.10. The summed E-state index contributed by atoms with van der Waals surface area (Å²) in [7, 11) is -8.39. The van der Waals surface area contributed by atoms with Crippen LogP contribution in [0.1, 0.15) is 17.0 Å². The maximum absolute atomic E-state index is 12.5. The summed E-state index contributed by atoms with van der Waals surface area (Å²) in [5.41, 5.74) is 5.98. The topological polar surface area (TPSA) is 153 Å². The van der Waals surface area contributed by atoms with Gasteiger partial charge in [0.2, 0.25) is 10.0 Å². The lowest BCUT2D eigenvalue weighted by molar-refractivity contribution is 0.246. The fraction of sp³-hybridized carbons (Fsp3) is 0.154. The summed E-state index contributed by atoms with van der Waals surface area (Å²) in [6, 6.07) is 21.3. The van der Waals surface area contributed by atoms with Crippen LogP contribution < -0.4 is 15.2 Å². The van der Waals surface area contributed by atoms with E-state index in [4.69, 9.17) is 10.2 Å². The summed E-state index contributed by atoms with van der Waals surface area (Å²) in [6.07, 6.45) is 0.459. The Kier molecular flexibility index (Phi) is 7.67. The van der Waals surface area contributed by atoms with Crippen LogP contribution in [0.25, 0.3) is 16.8 Å². The van der Waals surface area contributed by atoms with Gasteiger partial charge in [-0.25, -0.2) is 36.2 Å². The van der Waals surface area contributed by atoms with Crippen molar-refractivity contribution in [1.29, 1.82) is 0 Å². The normalized spacial score (nSPS) is 11.8. The van der Waals surface area contributed by atoms with Gasteiger partial charge in [0.1, 0.15) is 0 Å². The highest BCUT2D eigenvalue weighted by atomic mass is 32.2. The van der Waals surface area contributed by atoms with E-state index in [9.17, 15) is 21.6 Å². The van der Waals surface area contributed by atoms with Gasteiger partial charge in [-0.1, -0.05) is 48.5 Å². The van der Waals surface area contributed by atoms with E-state index >= 15 is 0 Å². The molecule has 198 valence electrons. The molecule has 1 heterocycles. The van der Waals surface area contributed by atoms with Crippen LogP contribution in [0.3, 0.4) is 0 Å². The molecule has 3 aromatic carbocycles. The average Bonchev–Trinajstić information content (AvgIpc) is 3.18. The lowest BCUT2D eigenvalue weighted by Gasteiger charge is -2.10. The van der Waals surface area contributed by atoms with E-state index in [1.807, 2.05) is 65.7 Å². The predicted octanol–water partition coefficient (Wildman–Crippen LogP) is 3.03. The second-order valence-electron chi connectivity index (χ2n) is 8.62. The lowest BCUT2D eigenvalue weighted by Crippen LogP contribution is -2.40. The predicted molar refractivity (Wildman–Crippen MR) is 144 cm³/mol. The summed E-state index contributed by atoms with van der Waals surface area (Å²) in [5.74, 6) is 0. The van der Waals surface area contributed by atoms with Gasteiger partial charge in [-0.3, -0.25) is 0 Å². The van der Waals surface area contributed by atoms with E-state index < -0.39 is 31.0 Å². The van der Waals surface area contributed by atoms with Crippen LogP contribution in [0.5, 0.6) is 0 Å². The molecule has 0 aliphatic rings. The summed E-state index contributed by atoms with van der Waals surface area (Å²) in [6.45, 7) is 4.18. The van der Waals surface area contributed by atoms with Crippen molar-refractivity contribution in [3.8, 4) is 16.8 Å². The Labute approximate surface area is 221 Å². The van der Waals surface area contributed by atoms with Gasteiger partial charge in [0.15, 0.2) is 0 Å². The van der Waals surface area contributed by atoms with Crippen molar-refractivity contribution >= 4 is 26.1 Å². The monoisotopic (exact) mass is 553 g/mol.